The first-order valence-electron chi connectivity index (χ1n) is 4.65. The Morgan fingerprint density at radius 1 is 1.46 bits per heavy atom. The predicted octanol–water partition coefficient (Wildman–Crippen LogP) is 2.12. The molecule has 70 valence electrons. The summed E-state index contributed by atoms with van der Waals surface area (Å²) in [7, 11) is 0. The highest BCUT2D eigenvalue weighted by Gasteiger charge is 2.44. The second-order valence-corrected chi connectivity index (χ2v) is 3.92. The van der Waals surface area contributed by atoms with Crippen LogP contribution in [0.5, 0.6) is 0 Å². The maximum atomic E-state index is 13.7. The van der Waals surface area contributed by atoms with Crippen molar-refractivity contribution in [2.24, 2.45) is 5.73 Å². The molecule has 0 radical (unpaired) electrons. The van der Waals surface area contributed by atoms with Gasteiger partial charge in [-0.3, -0.25) is 0 Å². The quantitative estimate of drug-likeness (QED) is 0.739. The summed E-state index contributed by atoms with van der Waals surface area (Å²) in [5.74, 6) is -0.0644. The molecule has 0 bridgehead atoms. The fourth-order valence-electron chi connectivity index (χ4n) is 1.79. The Morgan fingerprint density at radius 2 is 2.15 bits per heavy atom. The molecule has 13 heavy (non-hydrogen) atoms. The second kappa shape index (κ2) is 2.81. The molecule has 0 saturated heterocycles. The maximum absolute atomic E-state index is 13.7. The largest absolute Gasteiger partial charge is 0.330 e. The first-order valence-corrected chi connectivity index (χ1v) is 4.65. The number of rotatable bonds is 2. The summed E-state index contributed by atoms with van der Waals surface area (Å²) in [4.78, 5) is 0. The van der Waals surface area contributed by atoms with Gasteiger partial charge in [-0.25, -0.2) is 4.39 Å². The van der Waals surface area contributed by atoms with E-state index in [1.165, 1.54) is 0 Å². The van der Waals surface area contributed by atoms with Gasteiger partial charge in [-0.05, 0) is 30.9 Å². The third-order valence-corrected chi connectivity index (χ3v) is 3.01. The maximum Gasteiger partial charge on any atom is 0.129 e. The molecule has 1 saturated carbocycles. The minimum Gasteiger partial charge on any atom is -0.330 e. The van der Waals surface area contributed by atoms with Gasteiger partial charge < -0.3 is 5.73 Å². The second-order valence-electron chi connectivity index (χ2n) is 3.92. The van der Waals surface area contributed by atoms with Gasteiger partial charge in [0, 0.05) is 12.0 Å². The molecule has 0 heterocycles. The Balaban J connectivity index is 2.46. The van der Waals surface area contributed by atoms with E-state index in [1.807, 2.05) is 12.1 Å². The van der Waals surface area contributed by atoms with Gasteiger partial charge >= 0.3 is 0 Å². The van der Waals surface area contributed by atoms with Crippen molar-refractivity contribution < 1.29 is 4.39 Å². The van der Waals surface area contributed by atoms with Crippen molar-refractivity contribution in [2.45, 2.75) is 25.2 Å². The summed E-state index contributed by atoms with van der Waals surface area (Å²) in [6, 6.07) is 5.57. The van der Waals surface area contributed by atoms with Crippen LogP contribution in [0, 0.1) is 12.7 Å². The average Bonchev–Trinajstić information content (AvgIpc) is 2.90. The molecule has 1 aromatic rings. The first-order chi connectivity index (χ1) is 6.19. The molecule has 0 spiro atoms. The zero-order valence-corrected chi connectivity index (χ0v) is 7.81. The van der Waals surface area contributed by atoms with Gasteiger partial charge in [0.15, 0.2) is 0 Å². The van der Waals surface area contributed by atoms with E-state index in [0.29, 0.717) is 6.54 Å². The molecule has 1 nitrogen and oxygen atoms in total. The van der Waals surface area contributed by atoms with Gasteiger partial charge in [-0.15, -0.1) is 0 Å². The first kappa shape index (κ1) is 8.70. The number of halogens is 1. The van der Waals surface area contributed by atoms with E-state index in [1.54, 1.807) is 13.0 Å². The van der Waals surface area contributed by atoms with Gasteiger partial charge in [0.25, 0.3) is 0 Å². The van der Waals surface area contributed by atoms with Crippen molar-refractivity contribution in [1.29, 1.82) is 0 Å². The average molecular weight is 179 g/mol. The van der Waals surface area contributed by atoms with Crippen molar-refractivity contribution in [3.05, 3.63) is 35.1 Å². The highest BCUT2D eigenvalue weighted by Crippen LogP contribution is 2.48. The number of hydrogen-bond acceptors (Lipinski definition) is 1. The van der Waals surface area contributed by atoms with E-state index < -0.39 is 0 Å². The smallest absolute Gasteiger partial charge is 0.129 e. The van der Waals surface area contributed by atoms with E-state index in [9.17, 15) is 4.39 Å². The van der Waals surface area contributed by atoms with Crippen LogP contribution in [0.2, 0.25) is 0 Å². The van der Waals surface area contributed by atoms with Crippen molar-refractivity contribution in [3.63, 3.8) is 0 Å². The molecule has 1 aliphatic carbocycles. The summed E-state index contributed by atoms with van der Waals surface area (Å²) in [6.45, 7) is 2.36. The van der Waals surface area contributed by atoms with Crippen molar-refractivity contribution in [3.8, 4) is 0 Å². The molecule has 1 aromatic carbocycles. The van der Waals surface area contributed by atoms with E-state index in [0.717, 1.165) is 24.0 Å². The Kier molecular flexibility index (Phi) is 1.88. The molecule has 1 aliphatic rings. The highest BCUT2D eigenvalue weighted by atomic mass is 19.1. The summed E-state index contributed by atoms with van der Waals surface area (Å²) in [5, 5.41) is 0. The van der Waals surface area contributed by atoms with Gasteiger partial charge in [0.05, 0.1) is 0 Å². The molecular formula is C11H14FN. The Morgan fingerprint density at radius 3 is 2.69 bits per heavy atom. The fraction of sp³-hybridized carbons (Fsp3) is 0.455. The SMILES string of the molecule is Cc1cccc(C2(CN)CC2)c1F. The highest BCUT2D eigenvalue weighted by molar-refractivity contribution is 5.36. The Bertz CT molecular complexity index is 329. The molecule has 2 rings (SSSR count). The van der Waals surface area contributed by atoms with Gasteiger partial charge in [-0.2, -0.15) is 0 Å². The summed E-state index contributed by atoms with van der Waals surface area (Å²) < 4.78 is 13.7. The molecule has 2 heteroatoms. The lowest BCUT2D eigenvalue weighted by Gasteiger charge is -2.14. The van der Waals surface area contributed by atoms with Crippen LogP contribution in [-0.2, 0) is 5.41 Å². The molecule has 0 aromatic heterocycles. The van der Waals surface area contributed by atoms with Crippen molar-refractivity contribution in [1.82, 2.24) is 0 Å². The van der Waals surface area contributed by atoms with E-state index in [-0.39, 0.29) is 11.2 Å². The van der Waals surface area contributed by atoms with Crippen LogP contribution in [0.1, 0.15) is 24.0 Å². The zero-order valence-electron chi connectivity index (χ0n) is 7.81. The van der Waals surface area contributed by atoms with Gasteiger partial charge in [-0.1, -0.05) is 18.2 Å². The van der Waals surface area contributed by atoms with E-state index in [4.69, 9.17) is 5.73 Å². The molecule has 0 atom stereocenters. The molecule has 0 amide bonds. The monoisotopic (exact) mass is 179 g/mol. The minimum atomic E-state index is -0.0644. The molecule has 2 N–H and O–H groups in total. The number of hydrogen-bond donors (Lipinski definition) is 1. The Labute approximate surface area is 77.8 Å². The molecule has 0 aliphatic heterocycles. The minimum absolute atomic E-state index is 0.0316. The van der Waals surface area contributed by atoms with E-state index >= 15 is 0 Å². The normalized spacial score (nSPS) is 18.7. The van der Waals surface area contributed by atoms with Gasteiger partial charge in [0.2, 0.25) is 0 Å². The number of benzene rings is 1. The van der Waals surface area contributed by atoms with Gasteiger partial charge in [0.1, 0.15) is 5.82 Å². The fourth-order valence-corrected chi connectivity index (χ4v) is 1.79. The molecular weight excluding hydrogens is 165 g/mol. The van der Waals surface area contributed by atoms with Crippen LogP contribution >= 0.6 is 0 Å². The third kappa shape index (κ3) is 1.25. The summed E-state index contributed by atoms with van der Waals surface area (Å²) in [5.41, 5.74) is 7.16. The lowest BCUT2D eigenvalue weighted by Crippen LogP contribution is -2.21. The van der Waals surface area contributed by atoms with Crippen LogP contribution in [0.3, 0.4) is 0 Å². The lowest BCUT2D eigenvalue weighted by molar-refractivity contribution is 0.566. The Hall–Kier alpha value is -0.890. The number of nitrogens with two attached hydrogens (primary N) is 1. The third-order valence-electron chi connectivity index (χ3n) is 3.01. The molecule has 0 unspecified atom stereocenters. The molecule has 1 fully saturated rings. The summed E-state index contributed by atoms with van der Waals surface area (Å²) in [6.07, 6.45) is 2.06. The van der Waals surface area contributed by atoms with E-state index in [2.05, 4.69) is 0 Å². The van der Waals surface area contributed by atoms with Crippen LogP contribution < -0.4 is 5.73 Å². The predicted molar refractivity (Wildman–Crippen MR) is 51.1 cm³/mol. The van der Waals surface area contributed by atoms with Crippen molar-refractivity contribution in [2.75, 3.05) is 6.54 Å². The number of aryl methyl sites for hydroxylation is 1. The summed E-state index contributed by atoms with van der Waals surface area (Å²) >= 11 is 0. The lowest BCUT2D eigenvalue weighted by atomic mass is 9.94. The van der Waals surface area contributed by atoms with Crippen LogP contribution in [0.25, 0.3) is 0 Å². The zero-order chi connectivity index (χ0) is 9.47. The standard InChI is InChI=1S/C11H14FN/c1-8-3-2-4-9(10(8)12)11(7-13)5-6-11/h2-4H,5-7,13H2,1H3. The topological polar surface area (TPSA) is 26.0 Å². The van der Waals surface area contributed by atoms with Crippen LogP contribution in [0.15, 0.2) is 18.2 Å². The van der Waals surface area contributed by atoms with Crippen LogP contribution in [-0.4, -0.2) is 6.54 Å². The van der Waals surface area contributed by atoms with Crippen molar-refractivity contribution >= 4 is 0 Å². The van der Waals surface area contributed by atoms with Crippen LogP contribution in [0.4, 0.5) is 4.39 Å².